The minimum absolute atomic E-state index is 0.118. The molecule has 42 heavy (non-hydrogen) atoms. The van der Waals surface area contributed by atoms with Crippen LogP contribution < -0.4 is 15.0 Å². The number of nitrogens with zero attached hydrogens (tertiary/aromatic N) is 3. The van der Waals surface area contributed by atoms with E-state index in [0.29, 0.717) is 34.0 Å². The molecule has 2 fully saturated rings. The number of benzene rings is 3. The van der Waals surface area contributed by atoms with E-state index in [1.807, 2.05) is 12.1 Å². The molecule has 2 N–H and O–H groups in total. The highest BCUT2D eigenvalue weighted by molar-refractivity contribution is 6.09. The first kappa shape index (κ1) is 28.1. The number of halogens is 2. The molecule has 0 saturated carbocycles. The van der Waals surface area contributed by atoms with Gasteiger partial charge in [0.25, 0.3) is 5.91 Å². The summed E-state index contributed by atoms with van der Waals surface area (Å²) < 4.78 is 39.0. The van der Waals surface area contributed by atoms with E-state index >= 15 is 0 Å². The number of piperazine rings is 1. The largest absolute Gasteiger partial charge is 0.489 e. The molecule has 1 aromatic heterocycles. The predicted octanol–water partition coefficient (Wildman–Crippen LogP) is 5.39. The zero-order chi connectivity index (χ0) is 29.1. The van der Waals surface area contributed by atoms with Gasteiger partial charge in [0, 0.05) is 61.6 Å². The van der Waals surface area contributed by atoms with Crippen LogP contribution in [-0.2, 0) is 17.8 Å². The van der Waals surface area contributed by atoms with Crippen LogP contribution in [-0.4, -0.2) is 67.4 Å². The van der Waals surface area contributed by atoms with Gasteiger partial charge in [-0.25, -0.2) is 8.78 Å². The van der Waals surface area contributed by atoms with Gasteiger partial charge in [0.05, 0.1) is 5.52 Å². The molecule has 0 spiro atoms. The van der Waals surface area contributed by atoms with Gasteiger partial charge in [-0.15, -0.1) is 0 Å². The summed E-state index contributed by atoms with van der Waals surface area (Å²) in [6.45, 7) is 5.28. The van der Waals surface area contributed by atoms with Gasteiger partial charge in [-0.2, -0.15) is 5.10 Å². The summed E-state index contributed by atoms with van der Waals surface area (Å²) >= 11 is 0. The number of likely N-dealkylation sites (N-methyl/N-ethyl adjacent to an activating group) is 1. The molecule has 10 heteroatoms. The molecule has 3 aromatic carbocycles. The number of rotatable bonds is 8. The quantitative estimate of drug-likeness (QED) is 0.293. The minimum Gasteiger partial charge on any atom is -0.489 e. The van der Waals surface area contributed by atoms with Crippen LogP contribution in [0.4, 0.5) is 20.3 Å². The maximum atomic E-state index is 14.1. The Hall–Kier alpha value is -4.02. The van der Waals surface area contributed by atoms with Crippen LogP contribution in [0.5, 0.6) is 5.75 Å². The van der Waals surface area contributed by atoms with Gasteiger partial charge in [-0.05, 0) is 80.3 Å². The lowest BCUT2D eigenvalue weighted by Crippen LogP contribution is -2.44. The molecule has 0 bridgehead atoms. The van der Waals surface area contributed by atoms with Gasteiger partial charge in [-0.1, -0.05) is 12.1 Å². The number of aromatic amines is 1. The zero-order valence-corrected chi connectivity index (χ0v) is 23.7. The fourth-order valence-corrected chi connectivity index (χ4v) is 5.67. The third-order valence-electron chi connectivity index (χ3n) is 8.24. The molecule has 0 aliphatic carbocycles. The van der Waals surface area contributed by atoms with Crippen molar-refractivity contribution in [2.45, 2.75) is 25.9 Å². The van der Waals surface area contributed by atoms with Crippen molar-refractivity contribution in [2.75, 3.05) is 56.7 Å². The van der Waals surface area contributed by atoms with E-state index in [0.717, 1.165) is 76.0 Å². The van der Waals surface area contributed by atoms with E-state index in [9.17, 15) is 13.6 Å². The van der Waals surface area contributed by atoms with E-state index in [2.05, 4.69) is 38.4 Å². The van der Waals surface area contributed by atoms with Crippen molar-refractivity contribution in [1.82, 2.24) is 15.1 Å². The Morgan fingerprint density at radius 1 is 1.05 bits per heavy atom. The smallest absolute Gasteiger partial charge is 0.257 e. The van der Waals surface area contributed by atoms with Gasteiger partial charge < -0.3 is 24.6 Å². The van der Waals surface area contributed by atoms with E-state index in [1.54, 1.807) is 18.2 Å². The second-order valence-corrected chi connectivity index (χ2v) is 11.1. The third kappa shape index (κ3) is 6.24. The van der Waals surface area contributed by atoms with E-state index in [1.165, 1.54) is 12.1 Å². The van der Waals surface area contributed by atoms with Crippen LogP contribution in [0, 0.1) is 17.6 Å². The van der Waals surface area contributed by atoms with Crippen molar-refractivity contribution >= 4 is 28.3 Å². The standard InChI is InChI=1S/C32H35F2N5O3/c1-38-11-13-39(14-12-38)24-5-7-26(23(18-24)17-21-9-15-41-16-10-21)32(40)35-31-27-19-25(6-8-29(27)36-37-31)42-20-22-3-2-4-28(33)30(22)34/h2-8,18-19,21H,9-17,20H2,1H3,(H2,35,36,37,40). The highest BCUT2D eigenvalue weighted by atomic mass is 19.2. The molecule has 6 rings (SSSR count). The van der Waals surface area contributed by atoms with Crippen LogP contribution in [0.1, 0.15) is 34.3 Å². The van der Waals surface area contributed by atoms with Crippen LogP contribution in [0.2, 0.25) is 0 Å². The SMILES string of the molecule is CN1CCN(c2ccc(C(=O)Nc3n[nH]c4ccc(OCc5cccc(F)c5F)cc34)c(CC3CCOCC3)c2)CC1. The first-order valence-electron chi connectivity index (χ1n) is 14.4. The molecule has 2 saturated heterocycles. The second kappa shape index (κ2) is 12.5. The van der Waals surface area contributed by atoms with Gasteiger partial charge in [0.1, 0.15) is 12.4 Å². The fourth-order valence-electron chi connectivity index (χ4n) is 5.67. The summed E-state index contributed by atoms with van der Waals surface area (Å²) in [5.74, 6) is -0.799. The Kier molecular flexibility index (Phi) is 8.34. The van der Waals surface area contributed by atoms with Crippen LogP contribution in [0.3, 0.4) is 0 Å². The summed E-state index contributed by atoms with van der Waals surface area (Å²) in [4.78, 5) is 18.4. The predicted molar refractivity (Wildman–Crippen MR) is 158 cm³/mol. The number of hydrogen-bond donors (Lipinski definition) is 2. The molecule has 220 valence electrons. The number of hydrogen-bond acceptors (Lipinski definition) is 6. The highest BCUT2D eigenvalue weighted by Gasteiger charge is 2.22. The van der Waals surface area contributed by atoms with Crippen molar-refractivity contribution < 1.29 is 23.0 Å². The molecule has 2 aliphatic heterocycles. The summed E-state index contributed by atoms with van der Waals surface area (Å²) in [5.41, 5.74) is 3.63. The van der Waals surface area contributed by atoms with Crippen LogP contribution in [0.15, 0.2) is 54.6 Å². The number of amides is 1. The third-order valence-corrected chi connectivity index (χ3v) is 8.24. The molecular weight excluding hydrogens is 540 g/mol. The zero-order valence-electron chi connectivity index (χ0n) is 23.7. The number of fused-ring (bicyclic) bond motifs is 1. The molecule has 4 aromatic rings. The van der Waals surface area contributed by atoms with E-state index in [-0.39, 0.29) is 18.1 Å². The number of anilines is 2. The number of aromatic nitrogens is 2. The Bertz CT molecular complexity index is 1560. The van der Waals surface area contributed by atoms with E-state index < -0.39 is 11.6 Å². The summed E-state index contributed by atoms with van der Waals surface area (Å²) in [6, 6.07) is 15.3. The van der Waals surface area contributed by atoms with Crippen LogP contribution >= 0.6 is 0 Å². The normalized spacial score (nSPS) is 16.6. The molecule has 0 unspecified atom stereocenters. The summed E-state index contributed by atoms with van der Waals surface area (Å²) in [7, 11) is 2.14. The highest BCUT2D eigenvalue weighted by Crippen LogP contribution is 2.30. The monoisotopic (exact) mass is 575 g/mol. The van der Waals surface area contributed by atoms with Crippen molar-refractivity contribution in [3.05, 3.63) is 82.9 Å². The van der Waals surface area contributed by atoms with Crippen molar-refractivity contribution in [3.63, 3.8) is 0 Å². The molecule has 8 nitrogen and oxygen atoms in total. The lowest BCUT2D eigenvalue weighted by Gasteiger charge is -2.34. The lowest BCUT2D eigenvalue weighted by atomic mass is 9.89. The number of carbonyl (C=O) groups is 1. The Morgan fingerprint density at radius 2 is 1.86 bits per heavy atom. The minimum atomic E-state index is -0.926. The fraction of sp³-hybridized carbons (Fsp3) is 0.375. The maximum Gasteiger partial charge on any atom is 0.257 e. The number of nitrogens with one attached hydrogen (secondary N) is 2. The molecule has 0 radical (unpaired) electrons. The van der Waals surface area contributed by atoms with Crippen molar-refractivity contribution in [1.29, 1.82) is 0 Å². The lowest BCUT2D eigenvalue weighted by molar-refractivity contribution is 0.0664. The molecule has 2 aliphatic rings. The van der Waals surface area contributed by atoms with E-state index in [4.69, 9.17) is 9.47 Å². The average molecular weight is 576 g/mol. The molecule has 1 amide bonds. The Labute approximate surface area is 243 Å². The molecule has 3 heterocycles. The Balaban J connectivity index is 1.22. The van der Waals surface area contributed by atoms with Gasteiger partial charge in [0.2, 0.25) is 0 Å². The number of carbonyl (C=O) groups excluding carboxylic acids is 1. The van der Waals surface area contributed by atoms with Crippen LogP contribution in [0.25, 0.3) is 10.9 Å². The molecule has 0 atom stereocenters. The first-order chi connectivity index (χ1) is 20.4. The molecular formula is C32H35F2N5O3. The summed E-state index contributed by atoms with van der Waals surface area (Å²) in [6.07, 6.45) is 2.77. The van der Waals surface area contributed by atoms with Gasteiger partial charge in [0.15, 0.2) is 17.5 Å². The number of H-pyrrole nitrogens is 1. The topological polar surface area (TPSA) is 82.7 Å². The van der Waals surface area contributed by atoms with Gasteiger partial charge >= 0.3 is 0 Å². The van der Waals surface area contributed by atoms with Crippen molar-refractivity contribution in [2.24, 2.45) is 5.92 Å². The maximum absolute atomic E-state index is 14.1. The van der Waals surface area contributed by atoms with Gasteiger partial charge in [-0.3, -0.25) is 9.89 Å². The first-order valence-corrected chi connectivity index (χ1v) is 14.4. The van der Waals surface area contributed by atoms with Crippen molar-refractivity contribution in [3.8, 4) is 5.75 Å². The summed E-state index contributed by atoms with van der Waals surface area (Å²) in [5, 5.41) is 10.9. The second-order valence-electron chi connectivity index (χ2n) is 11.1. The average Bonchev–Trinajstić information content (AvgIpc) is 3.40. The Morgan fingerprint density at radius 3 is 2.67 bits per heavy atom. The number of ether oxygens (including phenoxy) is 2.